The molecule has 1 aromatic rings. The number of carbonyl (C=O) groups is 2. The minimum Gasteiger partial charge on any atom is -0.481 e. The van der Waals surface area contributed by atoms with Gasteiger partial charge in [0.1, 0.15) is 6.04 Å². The molecule has 1 aromatic carbocycles. The lowest BCUT2D eigenvalue weighted by atomic mass is 10.2. The zero-order valence-electron chi connectivity index (χ0n) is 11.0. The number of carboxylic acids is 2. The van der Waals surface area contributed by atoms with E-state index >= 15 is 0 Å². The molecule has 0 saturated heterocycles. The molecule has 8 nitrogen and oxygen atoms in total. The molecule has 5 N–H and O–H groups in total. The Kier molecular flexibility index (Phi) is 5.82. The maximum absolute atomic E-state index is 12.0. The van der Waals surface area contributed by atoms with Crippen LogP contribution in [0.2, 0.25) is 0 Å². The van der Waals surface area contributed by atoms with Crippen molar-refractivity contribution in [1.29, 1.82) is 0 Å². The molecule has 1 rings (SSSR count). The van der Waals surface area contributed by atoms with Crippen LogP contribution in [0.25, 0.3) is 0 Å². The van der Waals surface area contributed by atoms with Crippen LogP contribution in [0.15, 0.2) is 29.2 Å². The summed E-state index contributed by atoms with van der Waals surface area (Å²) in [4.78, 5) is 21.3. The Bertz CT molecular complexity index is 611. The Balaban J connectivity index is 2.89. The summed E-state index contributed by atoms with van der Waals surface area (Å²) in [7, 11) is -4.04. The highest BCUT2D eigenvalue weighted by Gasteiger charge is 2.25. The third kappa shape index (κ3) is 5.14. The van der Waals surface area contributed by atoms with E-state index in [0.717, 1.165) is 5.56 Å². The number of benzene rings is 1. The molecule has 1 atom stereocenters. The molecule has 0 heterocycles. The summed E-state index contributed by atoms with van der Waals surface area (Å²) in [6.45, 7) is 0.254. The Morgan fingerprint density at radius 2 is 1.76 bits per heavy atom. The Morgan fingerprint density at radius 1 is 1.19 bits per heavy atom. The second kappa shape index (κ2) is 7.16. The van der Waals surface area contributed by atoms with E-state index in [1.807, 2.05) is 4.72 Å². The number of hydrogen-bond donors (Lipinski definition) is 4. The maximum Gasteiger partial charge on any atom is 0.321 e. The highest BCUT2D eigenvalue weighted by atomic mass is 32.2. The second-order valence-corrected chi connectivity index (χ2v) is 6.01. The average Bonchev–Trinajstić information content (AvgIpc) is 2.43. The largest absolute Gasteiger partial charge is 0.481 e. The smallest absolute Gasteiger partial charge is 0.321 e. The zero-order valence-corrected chi connectivity index (χ0v) is 11.8. The lowest BCUT2D eigenvalue weighted by Gasteiger charge is -2.14. The fourth-order valence-corrected chi connectivity index (χ4v) is 2.78. The molecule has 0 spiro atoms. The van der Waals surface area contributed by atoms with Crippen LogP contribution in [-0.4, -0.2) is 36.6 Å². The van der Waals surface area contributed by atoms with Gasteiger partial charge in [-0.25, -0.2) is 8.42 Å². The Morgan fingerprint density at radius 3 is 2.19 bits per heavy atom. The standard InChI is InChI=1S/C12H16N2O6S/c13-7-8-1-3-9(4-2-8)21(19,20)14-10(12(17)18)5-6-11(15)16/h1-4,10,14H,5-7,13H2,(H,15,16)(H,17,18). The van der Waals surface area contributed by atoms with Gasteiger partial charge in [-0.2, -0.15) is 4.72 Å². The molecule has 0 amide bonds. The van der Waals surface area contributed by atoms with Crippen molar-refractivity contribution in [3.8, 4) is 0 Å². The van der Waals surface area contributed by atoms with Crippen molar-refractivity contribution < 1.29 is 28.2 Å². The molecule has 21 heavy (non-hydrogen) atoms. The van der Waals surface area contributed by atoms with Gasteiger partial charge < -0.3 is 15.9 Å². The summed E-state index contributed by atoms with van der Waals surface area (Å²) < 4.78 is 26.1. The summed E-state index contributed by atoms with van der Waals surface area (Å²) in [6, 6.07) is 4.14. The summed E-state index contributed by atoms with van der Waals surface area (Å²) in [5.74, 6) is -2.63. The summed E-state index contributed by atoms with van der Waals surface area (Å²) in [5.41, 5.74) is 6.13. The second-order valence-electron chi connectivity index (χ2n) is 4.29. The molecule has 0 aliphatic carbocycles. The van der Waals surface area contributed by atoms with Crippen molar-refractivity contribution in [2.24, 2.45) is 5.73 Å². The van der Waals surface area contributed by atoms with E-state index in [1.54, 1.807) is 0 Å². The highest BCUT2D eigenvalue weighted by molar-refractivity contribution is 7.89. The number of aliphatic carboxylic acids is 2. The van der Waals surface area contributed by atoms with Gasteiger partial charge in [-0.05, 0) is 24.1 Å². The molecule has 0 bridgehead atoms. The van der Waals surface area contributed by atoms with Gasteiger partial charge in [0.05, 0.1) is 4.90 Å². The Labute approximate surface area is 121 Å². The third-order valence-corrected chi connectivity index (χ3v) is 4.20. The molecule has 0 saturated carbocycles. The van der Waals surface area contributed by atoms with Crippen molar-refractivity contribution in [2.45, 2.75) is 30.3 Å². The molecule has 0 aliphatic heterocycles. The van der Waals surface area contributed by atoms with Crippen LogP contribution in [0.1, 0.15) is 18.4 Å². The highest BCUT2D eigenvalue weighted by Crippen LogP contribution is 2.12. The topological polar surface area (TPSA) is 147 Å². The van der Waals surface area contributed by atoms with E-state index in [2.05, 4.69) is 0 Å². The van der Waals surface area contributed by atoms with E-state index in [0.29, 0.717) is 0 Å². The molecular weight excluding hydrogens is 300 g/mol. The van der Waals surface area contributed by atoms with Crippen molar-refractivity contribution in [1.82, 2.24) is 4.72 Å². The van der Waals surface area contributed by atoms with Crippen LogP contribution in [-0.2, 0) is 26.2 Å². The van der Waals surface area contributed by atoms with Crippen LogP contribution in [0.4, 0.5) is 0 Å². The molecule has 9 heteroatoms. The van der Waals surface area contributed by atoms with Gasteiger partial charge in [-0.15, -0.1) is 0 Å². The Hall–Kier alpha value is -1.97. The van der Waals surface area contributed by atoms with Gasteiger partial charge in [-0.1, -0.05) is 12.1 Å². The molecule has 0 aliphatic rings. The van der Waals surface area contributed by atoms with Crippen molar-refractivity contribution >= 4 is 22.0 Å². The first-order chi connectivity index (χ1) is 9.76. The van der Waals surface area contributed by atoms with Gasteiger partial charge in [0, 0.05) is 13.0 Å². The van der Waals surface area contributed by atoms with Crippen LogP contribution in [0, 0.1) is 0 Å². The van der Waals surface area contributed by atoms with Crippen molar-refractivity contribution in [3.63, 3.8) is 0 Å². The van der Waals surface area contributed by atoms with Gasteiger partial charge in [-0.3, -0.25) is 9.59 Å². The van der Waals surface area contributed by atoms with Crippen LogP contribution >= 0.6 is 0 Å². The van der Waals surface area contributed by atoms with Crippen LogP contribution in [0.3, 0.4) is 0 Å². The van der Waals surface area contributed by atoms with E-state index < -0.39 is 34.4 Å². The first-order valence-corrected chi connectivity index (χ1v) is 7.50. The molecular formula is C12H16N2O6S. The zero-order chi connectivity index (χ0) is 16.0. The number of hydrogen-bond acceptors (Lipinski definition) is 5. The summed E-state index contributed by atoms with van der Waals surface area (Å²) in [6.07, 6.45) is -0.795. The van der Waals surface area contributed by atoms with E-state index in [1.165, 1.54) is 24.3 Å². The third-order valence-electron chi connectivity index (χ3n) is 2.71. The van der Waals surface area contributed by atoms with E-state index in [4.69, 9.17) is 15.9 Å². The summed E-state index contributed by atoms with van der Waals surface area (Å²) in [5, 5.41) is 17.5. The monoisotopic (exact) mass is 316 g/mol. The predicted octanol–water partition coefficient (Wildman–Crippen LogP) is -0.258. The van der Waals surface area contributed by atoms with E-state index in [-0.39, 0.29) is 17.9 Å². The average molecular weight is 316 g/mol. The molecule has 0 aromatic heterocycles. The number of nitrogens with two attached hydrogens (primary N) is 1. The number of rotatable bonds is 8. The fraction of sp³-hybridized carbons (Fsp3) is 0.333. The number of nitrogens with one attached hydrogen (secondary N) is 1. The fourth-order valence-electron chi connectivity index (χ4n) is 1.56. The maximum atomic E-state index is 12.0. The number of sulfonamides is 1. The van der Waals surface area contributed by atoms with Crippen LogP contribution < -0.4 is 10.5 Å². The molecule has 0 radical (unpaired) electrons. The molecule has 116 valence electrons. The lowest BCUT2D eigenvalue weighted by Crippen LogP contribution is -2.41. The van der Waals surface area contributed by atoms with Crippen LogP contribution in [0.5, 0.6) is 0 Å². The quantitative estimate of drug-likeness (QED) is 0.516. The van der Waals surface area contributed by atoms with Gasteiger partial charge >= 0.3 is 11.9 Å². The predicted molar refractivity (Wildman–Crippen MR) is 72.9 cm³/mol. The van der Waals surface area contributed by atoms with Gasteiger partial charge in [0.2, 0.25) is 10.0 Å². The SMILES string of the molecule is NCc1ccc(S(=O)(=O)NC(CCC(=O)O)C(=O)O)cc1. The first-order valence-electron chi connectivity index (χ1n) is 6.02. The normalized spacial score (nSPS) is 12.8. The number of carboxylic acid groups (broad SMARTS) is 2. The molecule has 0 fully saturated rings. The minimum absolute atomic E-state index is 0.110. The van der Waals surface area contributed by atoms with Crippen molar-refractivity contribution in [3.05, 3.63) is 29.8 Å². The van der Waals surface area contributed by atoms with E-state index in [9.17, 15) is 18.0 Å². The molecule has 1 unspecified atom stereocenters. The lowest BCUT2D eigenvalue weighted by molar-refractivity contribution is -0.140. The summed E-state index contributed by atoms with van der Waals surface area (Å²) >= 11 is 0. The first kappa shape index (κ1) is 17.1. The van der Waals surface area contributed by atoms with Gasteiger partial charge in [0.15, 0.2) is 0 Å². The van der Waals surface area contributed by atoms with Crippen molar-refractivity contribution in [2.75, 3.05) is 0 Å². The minimum atomic E-state index is -4.04. The van der Waals surface area contributed by atoms with Gasteiger partial charge in [0.25, 0.3) is 0 Å².